The van der Waals surface area contributed by atoms with E-state index in [1.807, 2.05) is 0 Å². The largest absolute Gasteiger partial charge is 0.501 e. The number of nitrogens with zero attached hydrogens (tertiary/aromatic N) is 1. The Morgan fingerprint density at radius 1 is 1.71 bits per heavy atom. The summed E-state index contributed by atoms with van der Waals surface area (Å²) in [6, 6.07) is 0. The van der Waals surface area contributed by atoms with Crippen LogP contribution in [0.5, 0.6) is 0 Å². The summed E-state index contributed by atoms with van der Waals surface area (Å²) in [5.74, 6) is -1.32. The van der Waals surface area contributed by atoms with Gasteiger partial charge in [-0.3, -0.25) is 4.79 Å². The molecule has 0 saturated heterocycles. The number of carbonyl (C=O) groups is 1. The number of hydrogen-bond acceptors (Lipinski definition) is 6. The van der Waals surface area contributed by atoms with Crippen LogP contribution in [-0.4, -0.2) is 15.9 Å². The Balaban J connectivity index is 2.44. The number of nitrogens with two attached hydrogens (primary N) is 1. The number of aliphatic hydroxyl groups excluding tert-OH is 1. The van der Waals surface area contributed by atoms with Gasteiger partial charge in [0.05, 0.1) is 0 Å². The molecule has 0 aromatic carbocycles. The number of aliphatic hydroxyl groups is 1. The molecule has 1 unspecified atom stereocenters. The first-order valence-corrected chi connectivity index (χ1v) is 4.76. The Morgan fingerprint density at radius 2 is 2.43 bits per heavy atom. The van der Waals surface area contributed by atoms with Gasteiger partial charge >= 0.3 is 0 Å². The fourth-order valence-corrected chi connectivity index (χ4v) is 1.98. The third kappa shape index (κ3) is 1.00. The van der Waals surface area contributed by atoms with E-state index in [9.17, 15) is 9.90 Å². The quantitative estimate of drug-likeness (QED) is 0.713. The molecule has 1 aromatic heterocycles. The second-order valence-corrected chi connectivity index (χ2v) is 3.91. The molecule has 0 amide bonds. The predicted octanol–water partition coefficient (Wildman–Crippen LogP) is 0.643. The maximum atomic E-state index is 11.6. The number of thiazole rings is 1. The van der Waals surface area contributed by atoms with Gasteiger partial charge in [0.15, 0.2) is 0 Å². The molecule has 1 aromatic rings. The van der Waals surface area contributed by atoms with Crippen molar-refractivity contribution < 1.29 is 14.6 Å². The SMILES string of the molecule is CC1(c2nccs2)OC(N)=C(O)C1=O. The monoisotopic (exact) mass is 212 g/mol. The molecule has 3 N–H and O–H groups in total. The summed E-state index contributed by atoms with van der Waals surface area (Å²) in [5.41, 5.74) is 4.05. The van der Waals surface area contributed by atoms with Crippen LogP contribution in [0.15, 0.2) is 23.2 Å². The summed E-state index contributed by atoms with van der Waals surface area (Å²) < 4.78 is 5.12. The van der Waals surface area contributed by atoms with Gasteiger partial charge in [-0.15, -0.1) is 11.3 Å². The lowest BCUT2D eigenvalue weighted by molar-refractivity contribution is -0.131. The van der Waals surface area contributed by atoms with Crippen molar-refractivity contribution in [2.75, 3.05) is 0 Å². The van der Waals surface area contributed by atoms with Crippen LogP contribution in [0.2, 0.25) is 0 Å². The topological polar surface area (TPSA) is 85.4 Å². The van der Waals surface area contributed by atoms with Crippen molar-refractivity contribution in [1.82, 2.24) is 4.98 Å². The van der Waals surface area contributed by atoms with E-state index in [1.54, 1.807) is 11.6 Å². The Bertz CT molecular complexity index is 412. The zero-order valence-electron chi connectivity index (χ0n) is 7.35. The Kier molecular flexibility index (Phi) is 1.75. The molecule has 14 heavy (non-hydrogen) atoms. The molecule has 0 radical (unpaired) electrons. The van der Waals surface area contributed by atoms with E-state index in [0.717, 1.165) is 0 Å². The molecule has 0 aliphatic carbocycles. The van der Waals surface area contributed by atoms with Gasteiger partial charge in [0.1, 0.15) is 5.01 Å². The molecule has 2 rings (SSSR count). The normalized spacial score (nSPS) is 26.8. The first-order chi connectivity index (χ1) is 6.55. The number of Topliss-reactive ketones (excluding diaryl/α,β-unsaturated/α-hetero) is 1. The van der Waals surface area contributed by atoms with E-state index in [4.69, 9.17) is 10.5 Å². The van der Waals surface area contributed by atoms with Crippen LogP contribution in [0.25, 0.3) is 0 Å². The highest BCUT2D eigenvalue weighted by molar-refractivity contribution is 7.09. The van der Waals surface area contributed by atoms with Crippen LogP contribution in [-0.2, 0) is 15.1 Å². The lowest BCUT2D eigenvalue weighted by atomic mass is 10.0. The van der Waals surface area contributed by atoms with Crippen molar-refractivity contribution in [2.24, 2.45) is 5.73 Å². The Labute approximate surface area is 83.8 Å². The van der Waals surface area contributed by atoms with Crippen molar-refractivity contribution in [3.05, 3.63) is 28.2 Å². The van der Waals surface area contributed by atoms with Crippen molar-refractivity contribution >= 4 is 17.1 Å². The minimum atomic E-state index is -1.26. The van der Waals surface area contributed by atoms with E-state index in [0.29, 0.717) is 5.01 Å². The fraction of sp³-hybridized carbons (Fsp3) is 0.250. The van der Waals surface area contributed by atoms with Gasteiger partial charge in [0.25, 0.3) is 5.78 Å². The molecule has 74 valence electrons. The lowest BCUT2D eigenvalue weighted by Crippen LogP contribution is -2.31. The first kappa shape index (κ1) is 9.01. The molecular weight excluding hydrogens is 204 g/mol. The molecule has 0 spiro atoms. The molecule has 0 bridgehead atoms. The maximum absolute atomic E-state index is 11.6. The van der Waals surface area contributed by atoms with Gasteiger partial charge in [0.2, 0.25) is 17.2 Å². The molecule has 6 heteroatoms. The van der Waals surface area contributed by atoms with E-state index < -0.39 is 17.1 Å². The van der Waals surface area contributed by atoms with Crippen molar-refractivity contribution in [3.63, 3.8) is 0 Å². The number of rotatable bonds is 1. The van der Waals surface area contributed by atoms with Crippen molar-refractivity contribution in [1.29, 1.82) is 0 Å². The summed E-state index contributed by atoms with van der Waals surface area (Å²) in [5, 5.41) is 11.5. The summed E-state index contributed by atoms with van der Waals surface area (Å²) in [6.07, 6.45) is 1.56. The zero-order valence-corrected chi connectivity index (χ0v) is 8.17. The van der Waals surface area contributed by atoms with Crippen LogP contribution in [0, 0.1) is 0 Å². The van der Waals surface area contributed by atoms with Gasteiger partial charge in [0, 0.05) is 11.6 Å². The van der Waals surface area contributed by atoms with Crippen LogP contribution >= 0.6 is 11.3 Å². The second-order valence-electron chi connectivity index (χ2n) is 3.01. The third-order valence-corrected chi connectivity index (χ3v) is 3.01. The molecule has 0 fully saturated rings. The lowest BCUT2D eigenvalue weighted by Gasteiger charge is -2.18. The highest BCUT2D eigenvalue weighted by Gasteiger charge is 2.49. The van der Waals surface area contributed by atoms with Gasteiger partial charge in [-0.2, -0.15) is 0 Å². The molecular formula is C8H8N2O3S. The fourth-order valence-electron chi connectivity index (χ4n) is 1.25. The standard InChI is InChI=1S/C8H8N2O3S/c1-8(7-10-2-3-14-7)5(12)4(11)6(9)13-8/h2-3,11H,9H2,1H3. The van der Waals surface area contributed by atoms with E-state index in [-0.39, 0.29) is 5.88 Å². The highest BCUT2D eigenvalue weighted by Crippen LogP contribution is 2.36. The number of aromatic nitrogens is 1. The Morgan fingerprint density at radius 3 is 2.86 bits per heavy atom. The summed E-state index contributed by atoms with van der Waals surface area (Å²) in [7, 11) is 0. The summed E-state index contributed by atoms with van der Waals surface area (Å²) >= 11 is 1.28. The predicted molar refractivity (Wildman–Crippen MR) is 49.4 cm³/mol. The first-order valence-electron chi connectivity index (χ1n) is 3.88. The van der Waals surface area contributed by atoms with Crippen molar-refractivity contribution in [3.8, 4) is 0 Å². The molecule has 1 atom stereocenters. The minimum absolute atomic E-state index is 0.243. The molecule has 1 aliphatic heterocycles. The second kappa shape index (κ2) is 2.71. The highest BCUT2D eigenvalue weighted by atomic mass is 32.1. The summed E-state index contributed by atoms with van der Waals surface area (Å²) in [4.78, 5) is 15.6. The number of hydrogen-bond donors (Lipinski definition) is 2. The average Bonchev–Trinajstić information content (AvgIpc) is 2.73. The maximum Gasteiger partial charge on any atom is 0.253 e. The zero-order chi connectivity index (χ0) is 10.3. The van der Waals surface area contributed by atoms with Crippen LogP contribution in [0.3, 0.4) is 0 Å². The average molecular weight is 212 g/mol. The van der Waals surface area contributed by atoms with Gasteiger partial charge < -0.3 is 15.6 Å². The van der Waals surface area contributed by atoms with Gasteiger partial charge in [-0.25, -0.2) is 4.98 Å². The number of ketones is 1. The minimum Gasteiger partial charge on any atom is -0.501 e. The third-order valence-electron chi connectivity index (χ3n) is 2.04. The molecule has 1 aliphatic rings. The van der Waals surface area contributed by atoms with Crippen molar-refractivity contribution in [2.45, 2.75) is 12.5 Å². The van der Waals surface area contributed by atoms with Crippen LogP contribution < -0.4 is 5.73 Å². The van der Waals surface area contributed by atoms with Crippen LogP contribution in [0.1, 0.15) is 11.9 Å². The van der Waals surface area contributed by atoms with Gasteiger partial charge in [-0.1, -0.05) is 0 Å². The van der Waals surface area contributed by atoms with Crippen LogP contribution in [0.4, 0.5) is 0 Å². The van der Waals surface area contributed by atoms with E-state index in [1.165, 1.54) is 18.3 Å². The van der Waals surface area contributed by atoms with Gasteiger partial charge in [-0.05, 0) is 6.92 Å². The molecule has 2 heterocycles. The smallest absolute Gasteiger partial charge is 0.253 e. The number of ether oxygens (including phenoxy) is 1. The van der Waals surface area contributed by atoms with E-state index in [2.05, 4.69) is 4.98 Å². The molecule has 5 nitrogen and oxygen atoms in total. The number of carbonyl (C=O) groups excluding carboxylic acids is 1. The Hall–Kier alpha value is -1.56. The summed E-state index contributed by atoms with van der Waals surface area (Å²) in [6.45, 7) is 1.53. The van der Waals surface area contributed by atoms with E-state index >= 15 is 0 Å². The molecule has 0 saturated carbocycles.